The second-order valence-corrected chi connectivity index (χ2v) is 13.0. The van der Waals surface area contributed by atoms with Gasteiger partial charge in [-0.2, -0.15) is 13.2 Å². The average Bonchev–Trinajstić information content (AvgIpc) is 3.16. The van der Waals surface area contributed by atoms with E-state index in [2.05, 4.69) is 34.9 Å². The van der Waals surface area contributed by atoms with E-state index in [0.29, 0.717) is 12.0 Å². The zero-order valence-electron chi connectivity index (χ0n) is 30.3. The Morgan fingerprint density at radius 1 is 0.745 bits per heavy atom. The number of hydrogen-bond acceptors (Lipinski definition) is 6. The molecule has 0 aromatic heterocycles. The summed E-state index contributed by atoms with van der Waals surface area (Å²) in [6, 6.07) is 32.5. The van der Waals surface area contributed by atoms with Crippen LogP contribution in [0.3, 0.4) is 0 Å². The summed E-state index contributed by atoms with van der Waals surface area (Å²) in [4.78, 5) is 51.3. The SMILES string of the molecule is CNc1ccc(CC(=O)Nc2ccc(C(=O)N(CC(=O)O)Cc3ccc(CCC(=O)OCc4ccc(-c5ccc(C)cc5)cc4)cc3)cc2)c(C(F)(F)F)c1. The molecule has 2 amide bonds. The maximum atomic E-state index is 13.6. The van der Waals surface area contributed by atoms with Gasteiger partial charge in [0.25, 0.3) is 5.91 Å². The van der Waals surface area contributed by atoms with E-state index in [4.69, 9.17) is 4.74 Å². The molecule has 0 saturated heterocycles. The van der Waals surface area contributed by atoms with Gasteiger partial charge in [-0.3, -0.25) is 19.2 Å². The number of nitrogens with one attached hydrogen (secondary N) is 2. The quantitative estimate of drug-likeness (QED) is 0.0920. The first kappa shape index (κ1) is 39.8. The summed E-state index contributed by atoms with van der Waals surface area (Å²) < 4.78 is 46.2. The van der Waals surface area contributed by atoms with E-state index >= 15 is 0 Å². The number of aliphatic carboxylic acids is 1. The molecule has 5 aromatic carbocycles. The first-order chi connectivity index (χ1) is 26.3. The summed E-state index contributed by atoms with van der Waals surface area (Å²) in [7, 11) is 1.49. The number of benzene rings is 5. The standard InChI is InChI=1S/C43H40F3N3O6/c1-28-3-12-32(13-4-28)33-14-9-31(10-15-33)27-55-41(53)22-11-29-5-7-30(8-6-29)25-49(26-40(51)52)42(54)34-16-19-36(20-17-34)48-39(50)23-35-18-21-37(47-2)24-38(35)43(44,45)46/h3-10,12-21,24,47H,11,22-23,25-27H2,1-2H3,(H,48,50)(H,51,52). The molecule has 0 saturated carbocycles. The third-order valence-electron chi connectivity index (χ3n) is 8.84. The van der Waals surface area contributed by atoms with Crippen LogP contribution in [0.5, 0.6) is 0 Å². The summed E-state index contributed by atoms with van der Waals surface area (Å²) >= 11 is 0. The van der Waals surface area contributed by atoms with Crippen LogP contribution in [0, 0.1) is 6.92 Å². The minimum absolute atomic E-state index is 0.0114. The Morgan fingerprint density at radius 2 is 1.33 bits per heavy atom. The number of esters is 1. The van der Waals surface area contributed by atoms with E-state index in [0.717, 1.165) is 33.2 Å². The van der Waals surface area contributed by atoms with Crippen molar-refractivity contribution in [3.8, 4) is 11.1 Å². The molecule has 0 spiro atoms. The Morgan fingerprint density at radius 3 is 1.93 bits per heavy atom. The third kappa shape index (κ3) is 11.5. The van der Waals surface area contributed by atoms with E-state index < -0.39 is 42.5 Å². The van der Waals surface area contributed by atoms with Crippen molar-refractivity contribution in [2.24, 2.45) is 0 Å². The molecule has 55 heavy (non-hydrogen) atoms. The van der Waals surface area contributed by atoms with E-state index in [1.165, 1.54) is 49.0 Å². The van der Waals surface area contributed by atoms with Gasteiger partial charge < -0.3 is 25.4 Å². The Hall–Kier alpha value is -6.43. The highest BCUT2D eigenvalue weighted by atomic mass is 19.4. The van der Waals surface area contributed by atoms with E-state index in [9.17, 15) is 37.5 Å². The van der Waals surface area contributed by atoms with Crippen LogP contribution in [0.2, 0.25) is 0 Å². The van der Waals surface area contributed by atoms with Gasteiger partial charge in [-0.25, -0.2) is 0 Å². The predicted molar refractivity (Wildman–Crippen MR) is 203 cm³/mol. The lowest BCUT2D eigenvalue weighted by molar-refractivity contribution is -0.145. The number of ether oxygens (including phenoxy) is 1. The number of hydrogen-bond donors (Lipinski definition) is 3. The lowest BCUT2D eigenvalue weighted by Gasteiger charge is -2.21. The summed E-state index contributed by atoms with van der Waals surface area (Å²) in [5.41, 5.74) is 5.33. The largest absolute Gasteiger partial charge is 0.480 e. The number of carboxylic acids is 1. The number of carbonyl (C=O) groups is 4. The molecule has 9 nitrogen and oxygen atoms in total. The van der Waals surface area contributed by atoms with Crippen LogP contribution in [0.4, 0.5) is 24.5 Å². The van der Waals surface area contributed by atoms with Gasteiger partial charge in [-0.15, -0.1) is 0 Å². The second-order valence-electron chi connectivity index (χ2n) is 13.0. The molecule has 0 bridgehead atoms. The van der Waals surface area contributed by atoms with Crippen molar-refractivity contribution in [3.63, 3.8) is 0 Å². The van der Waals surface area contributed by atoms with Crippen LogP contribution >= 0.6 is 0 Å². The van der Waals surface area contributed by atoms with Crippen molar-refractivity contribution < 1.29 is 42.2 Å². The molecular formula is C43H40F3N3O6. The van der Waals surface area contributed by atoms with Crippen LogP contribution < -0.4 is 10.6 Å². The number of nitrogens with zero attached hydrogens (tertiary/aromatic N) is 1. The number of halogens is 3. The van der Waals surface area contributed by atoms with Gasteiger partial charge in [0, 0.05) is 37.0 Å². The molecule has 0 aliphatic rings. The van der Waals surface area contributed by atoms with Crippen LogP contribution in [0.1, 0.15) is 50.2 Å². The zero-order chi connectivity index (χ0) is 39.5. The van der Waals surface area contributed by atoms with Gasteiger partial charge in [0.15, 0.2) is 0 Å². The highest BCUT2D eigenvalue weighted by Crippen LogP contribution is 2.34. The van der Waals surface area contributed by atoms with Crippen molar-refractivity contribution in [1.82, 2.24) is 4.90 Å². The number of alkyl halides is 3. The van der Waals surface area contributed by atoms with Crippen molar-refractivity contribution in [2.45, 2.75) is 45.5 Å². The van der Waals surface area contributed by atoms with Gasteiger partial charge in [0.1, 0.15) is 13.2 Å². The highest BCUT2D eigenvalue weighted by Gasteiger charge is 2.34. The minimum atomic E-state index is -4.65. The lowest BCUT2D eigenvalue weighted by Crippen LogP contribution is -2.35. The van der Waals surface area contributed by atoms with Crippen molar-refractivity contribution in [2.75, 3.05) is 24.2 Å². The van der Waals surface area contributed by atoms with Gasteiger partial charge >= 0.3 is 18.1 Å². The van der Waals surface area contributed by atoms with Crippen molar-refractivity contribution >= 4 is 35.1 Å². The molecule has 0 radical (unpaired) electrons. The third-order valence-corrected chi connectivity index (χ3v) is 8.84. The number of aryl methyl sites for hydroxylation is 2. The van der Waals surface area contributed by atoms with Gasteiger partial charge in [0.2, 0.25) is 5.91 Å². The number of rotatable bonds is 15. The second kappa shape index (κ2) is 18.1. The van der Waals surface area contributed by atoms with Crippen LogP contribution in [-0.2, 0) is 51.3 Å². The Bertz CT molecular complexity index is 2120. The molecule has 284 valence electrons. The molecule has 3 N–H and O–H groups in total. The smallest absolute Gasteiger partial charge is 0.416 e. The van der Waals surface area contributed by atoms with Gasteiger partial charge in [0.05, 0.1) is 12.0 Å². The predicted octanol–water partition coefficient (Wildman–Crippen LogP) is 8.31. The highest BCUT2D eigenvalue weighted by molar-refractivity contribution is 5.97. The van der Waals surface area contributed by atoms with E-state index in [-0.39, 0.29) is 48.0 Å². The molecule has 0 aliphatic carbocycles. The zero-order valence-corrected chi connectivity index (χ0v) is 30.3. The molecule has 0 unspecified atom stereocenters. The maximum absolute atomic E-state index is 13.6. The average molecular weight is 752 g/mol. The minimum Gasteiger partial charge on any atom is -0.480 e. The molecular weight excluding hydrogens is 711 g/mol. The van der Waals surface area contributed by atoms with Gasteiger partial charge in [-0.05, 0) is 83.1 Å². The topological polar surface area (TPSA) is 125 Å². The number of anilines is 2. The van der Waals surface area contributed by atoms with Crippen LogP contribution in [-0.4, -0.2) is 47.4 Å². The maximum Gasteiger partial charge on any atom is 0.416 e. The number of carboxylic acid groups (broad SMARTS) is 1. The summed E-state index contributed by atoms with van der Waals surface area (Å²) in [6.07, 6.45) is -4.58. The molecule has 5 aromatic rings. The molecule has 0 aliphatic heterocycles. The van der Waals surface area contributed by atoms with Crippen molar-refractivity contribution in [3.05, 3.63) is 154 Å². The number of carbonyl (C=O) groups excluding carboxylic acids is 3. The van der Waals surface area contributed by atoms with E-state index in [1.54, 1.807) is 24.3 Å². The summed E-state index contributed by atoms with van der Waals surface area (Å²) in [6.45, 7) is 1.61. The monoisotopic (exact) mass is 751 g/mol. The number of amides is 2. The molecule has 0 fully saturated rings. The van der Waals surface area contributed by atoms with Crippen LogP contribution in [0.25, 0.3) is 11.1 Å². The first-order valence-electron chi connectivity index (χ1n) is 17.5. The fraction of sp³-hybridized carbons (Fsp3) is 0.209. The lowest BCUT2D eigenvalue weighted by atomic mass is 10.0. The normalized spacial score (nSPS) is 11.1. The Kier molecular flexibility index (Phi) is 13.1. The van der Waals surface area contributed by atoms with Crippen LogP contribution in [0.15, 0.2) is 115 Å². The molecule has 12 heteroatoms. The molecule has 0 atom stereocenters. The Labute approximate surface area is 316 Å². The van der Waals surface area contributed by atoms with Crippen molar-refractivity contribution in [1.29, 1.82) is 0 Å². The summed E-state index contributed by atoms with van der Waals surface area (Å²) in [5, 5.41) is 14.7. The molecule has 0 heterocycles. The fourth-order valence-corrected chi connectivity index (χ4v) is 5.82. The molecule has 5 rings (SSSR count). The Balaban J connectivity index is 1.11. The first-order valence-corrected chi connectivity index (χ1v) is 17.5. The van der Waals surface area contributed by atoms with E-state index in [1.807, 2.05) is 31.2 Å². The summed E-state index contributed by atoms with van der Waals surface area (Å²) in [5.74, 6) is -2.81. The fourth-order valence-electron chi connectivity index (χ4n) is 5.82. The van der Waals surface area contributed by atoms with Gasteiger partial charge in [-0.1, -0.05) is 84.4 Å².